The monoisotopic (exact) mass is 954 g/mol. The Hall–Kier alpha value is -6.89. The molecule has 13 heteroatoms. The number of nitrogens with zero attached hydrogens (tertiary/aromatic N) is 6. The molecule has 0 bridgehead atoms. The summed E-state index contributed by atoms with van der Waals surface area (Å²) in [6.07, 6.45) is 2.56. The van der Waals surface area contributed by atoms with E-state index in [2.05, 4.69) is 15.0 Å². The average Bonchev–Trinajstić information content (AvgIpc) is 3.99. The summed E-state index contributed by atoms with van der Waals surface area (Å²) < 4.78 is 4.94. The minimum absolute atomic E-state index is 0. The van der Waals surface area contributed by atoms with Gasteiger partial charge in [-0.1, -0.05) is 207 Å². The quantitative estimate of drug-likeness (QED) is 0.157. The lowest BCUT2D eigenvalue weighted by molar-refractivity contribution is 0.198. The second-order valence-electron chi connectivity index (χ2n) is 15.0. The van der Waals surface area contributed by atoms with Crippen LogP contribution in [0.2, 0.25) is 15.3 Å². The summed E-state index contributed by atoms with van der Waals surface area (Å²) in [4.78, 5) is 27.2. The van der Waals surface area contributed by atoms with Gasteiger partial charge in [-0.25, -0.2) is 19.9 Å². The van der Waals surface area contributed by atoms with Crippen LogP contribution in [0.3, 0.4) is 0 Å². The third-order valence-corrected chi connectivity index (χ3v) is 11.3. The Labute approximate surface area is 411 Å². The van der Waals surface area contributed by atoms with Gasteiger partial charge in [0.05, 0.1) is 0 Å². The van der Waals surface area contributed by atoms with Gasteiger partial charge in [-0.3, -0.25) is 0 Å². The van der Waals surface area contributed by atoms with E-state index in [1.807, 2.05) is 182 Å². The highest BCUT2D eigenvalue weighted by Gasteiger charge is 2.16. The largest absolute Gasteiger partial charge is 0.489 e. The van der Waals surface area contributed by atoms with Crippen molar-refractivity contribution in [3.8, 4) is 56.9 Å². The number of fused-ring (bicyclic) bond motifs is 2. The third kappa shape index (κ3) is 12.6. The highest BCUT2D eigenvalue weighted by Crippen LogP contribution is 2.33. The van der Waals surface area contributed by atoms with Crippen molar-refractivity contribution in [2.24, 2.45) is 0 Å². The van der Waals surface area contributed by atoms with Crippen molar-refractivity contribution in [2.45, 2.75) is 20.3 Å². The van der Waals surface area contributed by atoms with Crippen LogP contribution in [0, 0.1) is 0 Å². The first-order valence-corrected chi connectivity index (χ1v) is 22.6. The van der Waals surface area contributed by atoms with Crippen molar-refractivity contribution in [3.05, 3.63) is 209 Å². The van der Waals surface area contributed by atoms with Gasteiger partial charge in [0.2, 0.25) is 5.28 Å². The van der Waals surface area contributed by atoms with Gasteiger partial charge >= 0.3 is 7.12 Å². The van der Waals surface area contributed by atoms with Crippen LogP contribution in [-0.2, 0) is 4.74 Å². The van der Waals surface area contributed by atoms with Crippen LogP contribution in [0.4, 0.5) is 0 Å². The zero-order chi connectivity index (χ0) is 46.4. The van der Waals surface area contributed by atoms with Crippen LogP contribution in [0.15, 0.2) is 194 Å². The topological polar surface area (TPSA) is 127 Å². The first kappa shape index (κ1) is 49.0. The molecule has 68 heavy (non-hydrogen) atoms. The molecule has 11 rings (SSSR count). The molecule has 1 saturated heterocycles. The molecule has 3 heterocycles. The van der Waals surface area contributed by atoms with Gasteiger partial charge in [0.15, 0.2) is 29.1 Å². The number of hydrogen-bond acceptors (Lipinski definition) is 9. The second kappa shape index (κ2) is 24.2. The lowest BCUT2D eigenvalue weighted by Crippen LogP contribution is -2.30. The zero-order valence-electron chi connectivity index (χ0n) is 36.0. The minimum atomic E-state index is -1.46. The van der Waals surface area contributed by atoms with Crippen molar-refractivity contribution in [2.75, 3.05) is 13.2 Å². The predicted octanol–water partition coefficient (Wildman–Crippen LogP) is 13.1. The highest BCUT2D eigenvalue weighted by molar-refractivity contribution is 6.62. The number of benzene rings is 8. The maximum Gasteiger partial charge on any atom is 0.489 e. The molecule has 0 atom stereocenters. The maximum absolute atomic E-state index is 9.13. The van der Waals surface area contributed by atoms with E-state index in [4.69, 9.17) is 64.5 Å². The summed E-state index contributed by atoms with van der Waals surface area (Å²) in [5, 5.41) is 23.4. The van der Waals surface area contributed by atoms with Crippen molar-refractivity contribution >= 4 is 68.9 Å². The van der Waals surface area contributed by atoms with E-state index in [1.165, 1.54) is 12.8 Å². The smallest absolute Gasteiger partial charge is 0.423 e. The second-order valence-corrected chi connectivity index (χ2v) is 16.2. The number of rotatable bonds is 6. The van der Waals surface area contributed by atoms with Crippen LogP contribution < -0.4 is 5.46 Å². The van der Waals surface area contributed by atoms with Crippen LogP contribution in [0.25, 0.3) is 78.5 Å². The van der Waals surface area contributed by atoms with Gasteiger partial charge in [0.25, 0.3) is 0 Å². The van der Waals surface area contributed by atoms with Gasteiger partial charge < -0.3 is 14.8 Å². The number of halogens is 3. The fourth-order valence-corrected chi connectivity index (χ4v) is 7.81. The van der Waals surface area contributed by atoms with Gasteiger partial charge in [0, 0.05) is 56.5 Å². The molecule has 2 N–H and O–H groups in total. The van der Waals surface area contributed by atoms with E-state index < -0.39 is 7.12 Å². The van der Waals surface area contributed by atoms with Gasteiger partial charge in [0.1, 0.15) is 0 Å². The van der Waals surface area contributed by atoms with Crippen molar-refractivity contribution in [1.82, 2.24) is 29.9 Å². The lowest BCUT2D eigenvalue weighted by Gasteiger charge is -2.11. The van der Waals surface area contributed by atoms with E-state index in [0.29, 0.717) is 44.6 Å². The van der Waals surface area contributed by atoms with Crippen molar-refractivity contribution in [1.29, 1.82) is 0 Å². The molecule has 0 aliphatic carbocycles. The fourth-order valence-electron chi connectivity index (χ4n) is 7.19. The summed E-state index contributed by atoms with van der Waals surface area (Å²) in [6, 6.07) is 61.9. The molecule has 0 amide bonds. The number of hydrogen-bond donors (Lipinski definition) is 2. The van der Waals surface area contributed by atoms with Crippen LogP contribution in [0.5, 0.6) is 0 Å². The fraction of sp³-hybridized carbons (Fsp3) is 0.0909. The van der Waals surface area contributed by atoms with E-state index >= 15 is 0 Å². The third-order valence-electron chi connectivity index (χ3n) is 10.5. The predicted molar refractivity (Wildman–Crippen MR) is 280 cm³/mol. The summed E-state index contributed by atoms with van der Waals surface area (Å²) in [6.45, 7) is 2.00. The van der Waals surface area contributed by atoms with E-state index in [1.54, 1.807) is 12.1 Å². The number of ether oxygens (including phenoxy) is 1. The standard InChI is InChI=1S/C25H16ClN3.C15H10ClN3.C10H8BClO2.C4H8O.CH4/c26-22-16-15-21(19-13-7-8-14-20(19)22)25-28-23(17-9-3-1-4-10-17)27-24(29-25)18-11-5-2-6-12-18;16-15-18-13(11-7-3-1-4-8-11)17-14(19-15)12-9-5-2-6-10-12;12-10-6-5-9(11(13)14)7-3-1-2-4-8(7)10;1-2-4-5-3-1;/h1-16H;1-10H;1-6,13-14H;1-4H2;1H4. The molecule has 0 saturated carbocycles. The minimum Gasteiger partial charge on any atom is -0.423 e. The molecule has 2 aromatic heterocycles. The molecule has 0 radical (unpaired) electrons. The van der Waals surface area contributed by atoms with Gasteiger partial charge in [-0.2, -0.15) is 9.97 Å². The summed E-state index contributed by atoms with van der Waals surface area (Å²) in [7, 11) is -1.46. The SMILES string of the molecule is C.C1CCOC1.Clc1ccc(-c2nc(-c3ccccc3)nc(-c3ccccc3)n2)c2ccccc12.Clc1nc(-c2ccccc2)nc(-c2ccccc2)n1.OB(O)c1ccc(Cl)c2ccccc12. The van der Waals surface area contributed by atoms with E-state index in [-0.39, 0.29) is 12.7 Å². The Morgan fingerprint density at radius 1 is 0.368 bits per heavy atom. The van der Waals surface area contributed by atoms with Crippen molar-refractivity contribution < 1.29 is 14.8 Å². The van der Waals surface area contributed by atoms with Crippen LogP contribution in [-0.4, -0.2) is 60.3 Å². The van der Waals surface area contributed by atoms with Crippen molar-refractivity contribution in [3.63, 3.8) is 0 Å². The van der Waals surface area contributed by atoms with Crippen LogP contribution in [0.1, 0.15) is 20.3 Å². The molecule has 1 aliphatic rings. The molecule has 1 fully saturated rings. The summed E-state index contributed by atoms with van der Waals surface area (Å²) >= 11 is 18.4. The van der Waals surface area contributed by atoms with Gasteiger partial charge in [-0.05, 0) is 64.3 Å². The normalized spacial score (nSPS) is 11.5. The highest BCUT2D eigenvalue weighted by atomic mass is 35.5. The molecule has 10 aromatic rings. The van der Waals surface area contributed by atoms with E-state index in [9.17, 15) is 0 Å². The van der Waals surface area contributed by atoms with E-state index in [0.717, 1.165) is 62.6 Å². The molecule has 338 valence electrons. The molecule has 8 aromatic carbocycles. The molecule has 0 spiro atoms. The Bertz CT molecular complexity index is 3070. The molecule has 9 nitrogen and oxygen atoms in total. The Morgan fingerprint density at radius 2 is 0.706 bits per heavy atom. The summed E-state index contributed by atoms with van der Waals surface area (Å²) in [5.41, 5.74) is 5.15. The molecular weight excluding hydrogens is 910 g/mol. The zero-order valence-corrected chi connectivity index (χ0v) is 38.3. The molecular formula is C55H46BCl3N6O3. The number of aromatic nitrogens is 6. The lowest BCUT2D eigenvalue weighted by atomic mass is 9.77. The average molecular weight is 956 g/mol. The molecule has 1 aliphatic heterocycles. The van der Waals surface area contributed by atoms with Gasteiger partial charge in [-0.15, -0.1) is 0 Å². The maximum atomic E-state index is 9.13. The Kier molecular flexibility index (Phi) is 17.5. The first-order valence-electron chi connectivity index (χ1n) is 21.5. The summed E-state index contributed by atoms with van der Waals surface area (Å²) in [5.74, 6) is 3.09. The Balaban J connectivity index is 0.000000151. The first-order chi connectivity index (χ1) is 32.8. The Morgan fingerprint density at radius 3 is 1.10 bits per heavy atom. The van der Waals surface area contributed by atoms with Crippen LogP contribution >= 0.6 is 34.8 Å². The molecule has 0 unspecified atom stereocenters.